The number of alkyl halides is 3. The standard InChI is InChI=1S/C28H37F5/c1-18-2-4-19(5-3-18)20-6-8-21(9-7-20)24-14-15-25(26(29)16-24)22-10-12-23(13-11-22)27(30)17-28(31,32)33/h14-23H,2-13H2,1H3/b27-17-. The molecule has 3 fully saturated rings. The van der Waals surface area contributed by atoms with Crippen LogP contribution < -0.4 is 0 Å². The van der Waals surface area contributed by atoms with Crippen LogP contribution in [0.4, 0.5) is 22.0 Å². The molecule has 3 saturated carbocycles. The van der Waals surface area contributed by atoms with E-state index in [1.807, 2.05) is 6.07 Å². The van der Waals surface area contributed by atoms with Gasteiger partial charge in [-0.1, -0.05) is 31.9 Å². The van der Waals surface area contributed by atoms with E-state index in [1.54, 1.807) is 6.07 Å². The molecule has 0 radical (unpaired) electrons. The Hall–Kier alpha value is -1.39. The number of hydrogen-bond acceptors (Lipinski definition) is 0. The second-order valence-corrected chi connectivity index (χ2v) is 11.0. The first kappa shape index (κ1) is 24.7. The molecule has 5 heteroatoms. The predicted octanol–water partition coefficient (Wildman–Crippen LogP) is 9.62. The Morgan fingerprint density at radius 2 is 1.33 bits per heavy atom. The largest absolute Gasteiger partial charge is 0.412 e. The summed E-state index contributed by atoms with van der Waals surface area (Å²) in [6.45, 7) is 2.36. The number of rotatable bonds is 4. The van der Waals surface area contributed by atoms with Gasteiger partial charge in [-0.2, -0.15) is 13.2 Å². The highest BCUT2D eigenvalue weighted by molar-refractivity contribution is 5.30. The van der Waals surface area contributed by atoms with Gasteiger partial charge in [0.2, 0.25) is 0 Å². The van der Waals surface area contributed by atoms with Crippen molar-refractivity contribution < 1.29 is 22.0 Å². The van der Waals surface area contributed by atoms with Crippen molar-refractivity contribution in [2.24, 2.45) is 23.7 Å². The number of allylic oxidation sites excluding steroid dienone is 2. The van der Waals surface area contributed by atoms with E-state index in [4.69, 9.17) is 0 Å². The first-order chi connectivity index (χ1) is 15.7. The lowest BCUT2D eigenvalue weighted by atomic mass is 9.68. The minimum absolute atomic E-state index is 0.0431. The zero-order chi connectivity index (χ0) is 23.6. The smallest absolute Gasteiger partial charge is 0.212 e. The van der Waals surface area contributed by atoms with Crippen LogP contribution in [0.3, 0.4) is 0 Å². The highest BCUT2D eigenvalue weighted by Gasteiger charge is 2.33. The third-order valence-corrected chi connectivity index (χ3v) is 8.85. The molecule has 3 aliphatic rings. The van der Waals surface area contributed by atoms with E-state index < -0.39 is 17.9 Å². The van der Waals surface area contributed by atoms with Crippen LogP contribution >= 0.6 is 0 Å². The Morgan fingerprint density at radius 1 is 0.788 bits per heavy atom. The van der Waals surface area contributed by atoms with Crippen molar-refractivity contribution in [3.05, 3.63) is 47.0 Å². The van der Waals surface area contributed by atoms with Crippen molar-refractivity contribution in [2.45, 2.75) is 102 Å². The first-order valence-electron chi connectivity index (χ1n) is 12.9. The van der Waals surface area contributed by atoms with Gasteiger partial charge in [0.05, 0.1) is 6.08 Å². The number of hydrogen-bond donors (Lipinski definition) is 0. The van der Waals surface area contributed by atoms with Gasteiger partial charge in [-0.25, -0.2) is 8.78 Å². The van der Waals surface area contributed by atoms with Gasteiger partial charge in [0.1, 0.15) is 11.6 Å². The van der Waals surface area contributed by atoms with E-state index in [2.05, 4.69) is 13.0 Å². The molecule has 0 unspecified atom stereocenters. The van der Waals surface area contributed by atoms with E-state index >= 15 is 4.39 Å². The summed E-state index contributed by atoms with van der Waals surface area (Å²) in [5.74, 6) is 0.980. The molecule has 0 spiro atoms. The van der Waals surface area contributed by atoms with Crippen molar-refractivity contribution >= 4 is 0 Å². The minimum atomic E-state index is -4.63. The van der Waals surface area contributed by atoms with Crippen LogP contribution in [0.2, 0.25) is 0 Å². The topological polar surface area (TPSA) is 0 Å². The van der Waals surface area contributed by atoms with Crippen LogP contribution in [-0.2, 0) is 0 Å². The van der Waals surface area contributed by atoms with Crippen LogP contribution in [0.15, 0.2) is 30.1 Å². The fraction of sp³-hybridized carbons (Fsp3) is 0.714. The van der Waals surface area contributed by atoms with Gasteiger partial charge in [0.15, 0.2) is 0 Å². The molecule has 0 aliphatic heterocycles. The van der Waals surface area contributed by atoms with E-state index in [9.17, 15) is 17.6 Å². The molecule has 0 atom stereocenters. The van der Waals surface area contributed by atoms with Gasteiger partial charge >= 0.3 is 6.18 Å². The molecule has 0 nitrogen and oxygen atoms in total. The molecular weight excluding hydrogens is 431 g/mol. The Labute approximate surface area is 195 Å². The van der Waals surface area contributed by atoms with Gasteiger partial charge < -0.3 is 0 Å². The first-order valence-corrected chi connectivity index (χ1v) is 12.9. The summed E-state index contributed by atoms with van der Waals surface area (Å²) in [7, 11) is 0. The molecule has 0 amide bonds. The summed E-state index contributed by atoms with van der Waals surface area (Å²) >= 11 is 0. The second-order valence-electron chi connectivity index (χ2n) is 11.0. The summed E-state index contributed by atoms with van der Waals surface area (Å²) in [4.78, 5) is 0. The van der Waals surface area contributed by atoms with E-state index in [-0.39, 0.29) is 17.8 Å². The Balaban J connectivity index is 1.31. The fourth-order valence-corrected chi connectivity index (χ4v) is 6.76. The van der Waals surface area contributed by atoms with E-state index in [0.717, 1.165) is 36.2 Å². The molecule has 0 heterocycles. The second kappa shape index (κ2) is 10.5. The molecule has 0 bridgehead atoms. The Morgan fingerprint density at radius 3 is 1.88 bits per heavy atom. The van der Waals surface area contributed by atoms with Gasteiger partial charge in [-0.05, 0) is 111 Å². The van der Waals surface area contributed by atoms with E-state index in [0.29, 0.717) is 37.2 Å². The highest BCUT2D eigenvalue weighted by atomic mass is 19.4. The molecule has 1 aromatic rings. The third-order valence-electron chi connectivity index (χ3n) is 8.85. The van der Waals surface area contributed by atoms with Crippen molar-refractivity contribution in [1.29, 1.82) is 0 Å². The summed E-state index contributed by atoms with van der Waals surface area (Å²) in [5, 5.41) is 0. The number of halogens is 5. The molecule has 0 N–H and O–H groups in total. The summed E-state index contributed by atoms with van der Waals surface area (Å²) in [6, 6.07) is 5.63. The maximum absolute atomic E-state index is 15.0. The molecule has 4 rings (SSSR count). The fourth-order valence-electron chi connectivity index (χ4n) is 6.76. The third kappa shape index (κ3) is 6.39. The van der Waals surface area contributed by atoms with Gasteiger partial charge in [0.25, 0.3) is 0 Å². The maximum Gasteiger partial charge on any atom is 0.412 e. The van der Waals surface area contributed by atoms with Gasteiger partial charge in [-0.3, -0.25) is 0 Å². The monoisotopic (exact) mass is 468 g/mol. The zero-order valence-corrected chi connectivity index (χ0v) is 19.6. The molecule has 33 heavy (non-hydrogen) atoms. The zero-order valence-electron chi connectivity index (χ0n) is 19.6. The van der Waals surface area contributed by atoms with Crippen molar-refractivity contribution in [1.82, 2.24) is 0 Å². The van der Waals surface area contributed by atoms with Gasteiger partial charge in [0, 0.05) is 5.92 Å². The predicted molar refractivity (Wildman–Crippen MR) is 122 cm³/mol. The lowest BCUT2D eigenvalue weighted by molar-refractivity contribution is -0.0820. The molecule has 1 aromatic carbocycles. The van der Waals surface area contributed by atoms with Crippen LogP contribution in [0.5, 0.6) is 0 Å². The van der Waals surface area contributed by atoms with Crippen molar-refractivity contribution in [2.75, 3.05) is 0 Å². The lowest BCUT2D eigenvalue weighted by Crippen LogP contribution is -2.24. The SMILES string of the molecule is CC1CCC(C2CCC(c3ccc(C4CCC(/C(F)=C/C(F)(F)F)CC4)c(F)c3)CC2)CC1. The number of benzene rings is 1. The summed E-state index contributed by atoms with van der Waals surface area (Å²) in [5.41, 5.74) is 1.72. The van der Waals surface area contributed by atoms with E-state index in [1.165, 1.54) is 38.5 Å². The molecular formula is C28H37F5. The van der Waals surface area contributed by atoms with Crippen LogP contribution in [0.25, 0.3) is 0 Å². The summed E-state index contributed by atoms with van der Waals surface area (Å²) in [6.07, 6.45) is 7.07. The normalized spacial score (nSPS) is 34.3. The quantitative estimate of drug-likeness (QED) is 0.386. The Bertz CT molecular complexity index is 802. The molecule has 3 aliphatic carbocycles. The molecule has 0 saturated heterocycles. The van der Waals surface area contributed by atoms with Crippen molar-refractivity contribution in [3.63, 3.8) is 0 Å². The lowest BCUT2D eigenvalue weighted by Gasteiger charge is -2.37. The molecule has 184 valence electrons. The average Bonchev–Trinajstić information content (AvgIpc) is 2.79. The van der Waals surface area contributed by atoms with Crippen LogP contribution in [0, 0.1) is 29.5 Å². The Kier molecular flexibility index (Phi) is 7.85. The molecule has 0 aromatic heterocycles. The highest BCUT2D eigenvalue weighted by Crippen LogP contribution is 2.45. The van der Waals surface area contributed by atoms with Crippen LogP contribution in [0.1, 0.15) is 107 Å². The van der Waals surface area contributed by atoms with Crippen LogP contribution in [-0.4, -0.2) is 6.18 Å². The summed E-state index contributed by atoms with van der Waals surface area (Å²) < 4.78 is 66.2. The average molecular weight is 469 g/mol. The van der Waals surface area contributed by atoms with Crippen molar-refractivity contribution in [3.8, 4) is 0 Å². The van der Waals surface area contributed by atoms with Gasteiger partial charge in [-0.15, -0.1) is 0 Å². The maximum atomic E-state index is 15.0. The minimum Gasteiger partial charge on any atom is -0.212 e.